The first kappa shape index (κ1) is 27.1. The lowest BCUT2D eigenvalue weighted by molar-refractivity contribution is 0.258. The molecule has 196 valence electrons. The van der Waals surface area contributed by atoms with E-state index in [1.165, 1.54) is 0 Å². The maximum Gasteiger partial charge on any atom is 0.252 e. The Kier molecular flexibility index (Phi) is 7.90. The molecule has 2 aromatic carbocycles. The maximum atomic E-state index is 6.62. The zero-order valence-corrected chi connectivity index (χ0v) is 24.5. The molecule has 0 N–H and O–H groups in total. The second-order valence-electron chi connectivity index (χ2n) is 10.8. The summed E-state index contributed by atoms with van der Waals surface area (Å²) in [4.78, 5) is 4.72. The number of halogens is 1. The monoisotopic (exact) mass is 537 g/mol. The van der Waals surface area contributed by atoms with Gasteiger partial charge in [-0.1, -0.05) is 32.9 Å². The first-order valence-corrected chi connectivity index (χ1v) is 16.0. The molecule has 4 rings (SSSR count). The first-order valence-electron chi connectivity index (χ1n) is 12.5. The quantitative estimate of drug-likeness (QED) is 0.214. The van der Waals surface area contributed by atoms with Gasteiger partial charge >= 0.3 is 0 Å². The third kappa shape index (κ3) is 5.81. The average molecular weight is 538 g/mol. The largest absolute Gasteiger partial charge is 0.531 e. The van der Waals surface area contributed by atoms with Gasteiger partial charge in [0.05, 0.1) is 13.0 Å². The minimum Gasteiger partial charge on any atom is -0.531 e. The molecule has 0 fully saturated rings. The Morgan fingerprint density at radius 3 is 2.30 bits per heavy atom. The van der Waals surface area contributed by atoms with E-state index in [9.17, 15) is 0 Å². The van der Waals surface area contributed by atoms with Crippen molar-refractivity contribution < 1.29 is 18.6 Å². The number of allylic oxidation sites excluding steroid dienone is 1. The highest BCUT2D eigenvalue weighted by molar-refractivity contribution is 6.74. The van der Waals surface area contributed by atoms with E-state index in [-0.39, 0.29) is 11.1 Å². The topological polar surface area (TPSA) is 49.8 Å². The Balaban J connectivity index is 1.74. The van der Waals surface area contributed by atoms with Crippen LogP contribution in [0.25, 0.3) is 11.1 Å². The molecule has 1 aromatic heterocycles. The van der Waals surface area contributed by atoms with Gasteiger partial charge in [0.1, 0.15) is 30.0 Å². The molecule has 3 aromatic rings. The van der Waals surface area contributed by atoms with Gasteiger partial charge in [-0.3, -0.25) is 0 Å². The van der Waals surface area contributed by atoms with Crippen molar-refractivity contribution in [3.05, 3.63) is 77.5 Å². The Hall–Kier alpha value is -2.96. The van der Waals surface area contributed by atoms with Crippen molar-refractivity contribution in [2.24, 2.45) is 0 Å². The molecule has 1 aliphatic rings. The van der Waals surface area contributed by atoms with Crippen LogP contribution in [0.4, 0.5) is 0 Å². The lowest BCUT2D eigenvalue weighted by Gasteiger charge is -2.36. The number of hydrogen-bond donors (Lipinski definition) is 0. The zero-order chi connectivity index (χ0) is 26.8. The van der Waals surface area contributed by atoms with Gasteiger partial charge in [0.15, 0.2) is 5.88 Å². The Morgan fingerprint density at radius 1 is 1.00 bits per heavy atom. The van der Waals surface area contributed by atoms with E-state index in [1.54, 1.807) is 7.11 Å². The van der Waals surface area contributed by atoms with E-state index in [0.717, 1.165) is 45.1 Å². The maximum absolute atomic E-state index is 6.62. The normalized spacial score (nSPS) is 15.6. The Morgan fingerprint density at radius 2 is 1.70 bits per heavy atom. The number of rotatable bonds is 8. The second kappa shape index (κ2) is 10.8. The number of alkyl halides is 1. The summed E-state index contributed by atoms with van der Waals surface area (Å²) in [5.41, 5.74) is 5.25. The molecule has 0 radical (unpaired) electrons. The van der Waals surface area contributed by atoms with Crippen LogP contribution < -0.4 is 18.6 Å². The van der Waals surface area contributed by atoms with Gasteiger partial charge < -0.3 is 18.6 Å². The molecular weight excluding hydrogens is 502 g/mol. The third-order valence-electron chi connectivity index (χ3n) is 7.25. The predicted molar refractivity (Wildman–Crippen MR) is 154 cm³/mol. The third-order valence-corrected chi connectivity index (χ3v) is 11.7. The SMILES string of the molecule is COc1ccc2c(c1)OC(c1ccc(OCCCl)cc1)C(c1ccc(O[Si](C)(C)C(C)(C)C)nc1)=C2C. The average Bonchev–Trinajstić information content (AvgIpc) is 2.87. The molecule has 0 saturated heterocycles. The van der Waals surface area contributed by atoms with Crippen LogP contribution in [0.15, 0.2) is 60.8 Å². The Labute approximate surface area is 226 Å². The fourth-order valence-corrected chi connectivity index (χ4v) is 5.10. The molecule has 0 spiro atoms. The fourth-order valence-electron chi connectivity index (χ4n) is 4.08. The van der Waals surface area contributed by atoms with Crippen LogP contribution in [-0.4, -0.2) is 32.9 Å². The van der Waals surface area contributed by atoms with Crippen molar-refractivity contribution in [1.82, 2.24) is 4.98 Å². The van der Waals surface area contributed by atoms with Crippen molar-refractivity contribution in [3.8, 4) is 23.1 Å². The molecule has 0 aliphatic carbocycles. The highest BCUT2D eigenvalue weighted by Gasteiger charge is 2.39. The number of hydrogen-bond acceptors (Lipinski definition) is 5. The van der Waals surface area contributed by atoms with Crippen LogP contribution in [0, 0.1) is 0 Å². The molecular formula is C30H36ClNO4Si. The highest BCUT2D eigenvalue weighted by atomic mass is 35.5. The van der Waals surface area contributed by atoms with Gasteiger partial charge in [0, 0.05) is 29.0 Å². The van der Waals surface area contributed by atoms with Crippen molar-refractivity contribution in [1.29, 1.82) is 0 Å². The second-order valence-corrected chi connectivity index (χ2v) is 15.9. The van der Waals surface area contributed by atoms with Crippen molar-refractivity contribution in [2.75, 3.05) is 19.6 Å². The number of benzene rings is 2. The predicted octanol–water partition coefficient (Wildman–Crippen LogP) is 8.16. The molecule has 1 unspecified atom stereocenters. The van der Waals surface area contributed by atoms with E-state index in [2.05, 4.69) is 46.9 Å². The van der Waals surface area contributed by atoms with E-state index in [0.29, 0.717) is 18.4 Å². The van der Waals surface area contributed by atoms with Crippen LogP contribution >= 0.6 is 11.6 Å². The van der Waals surface area contributed by atoms with Crippen LogP contribution in [-0.2, 0) is 0 Å². The minimum atomic E-state index is -1.99. The van der Waals surface area contributed by atoms with Crippen LogP contribution in [0.2, 0.25) is 18.1 Å². The number of methoxy groups -OCH3 is 1. The molecule has 0 amide bonds. The van der Waals surface area contributed by atoms with Crippen LogP contribution in [0.1, 0.15) is 50.5 Å². The summed E-state index contributed by atoms with van der Waals surface area (Å²) in [5, 5.41) is 0.0964. The summed E-state index contributed by atoms with van der Waals surface area (Å²) in [6, 6.07) is 18.0. The molecule has 7 heteroatoms. The molecule has 37 heavy (non-hydrogen) atoms. The lowest BCUT2D eigenvalue weighted by atomic mass is 9.86. The standard InChI is InChI=1S/C30H36ClNO4Si/c1-20-25-14-13-24(33-5)18-26(25)35-29(21-8-11-23(12-9-21)34-17-16-31)28(20)22-10-15-27(32-19-22)36-37(6,7)30(2,3)4/h8-15,18-19,29H,16-17H2,1-7H3. The summed E-state index contributed by atoms with van der Waals surface area (Å²) in [7, 11) is -0.324. The summed E-state index contributed by atoms with van der Waals surface area (Å²) in [6.07, 6.45) is 1.57. The van der Waals surface area contributed by atoms with Gasteiger partial charge in [-0.2, -0.15) is 0 Å². The number of aromatic nitrogens is 1. The van der Waals surface area contributed by atoms with Crippen LogP contribution in [0.3, 0.4) is 0 Å². The minimum absolute atomic E-state index is 0.0964. The summed E-state index contributed by atoms with van der Waals surface area (Å²) >= 11 is 5.77. The highest BCUT2D eigenvalue weighted by Crippen LogP contribution is 2.47. The van der Waals surface area contributed by atoms with E-state index in [4.69, 9.17) is 35.2 Å². The van der Waals surface area contributed by atoms with Gasteiger partial charge in [-0.05, 0) is 72.6 Å². The van der Waals surface area contributed by atoms with Gasteiger partial charge in [-0.15, -0.1) is 11.6 Å². The molecule has 0 bridgehead atoms. The molecule has 5 nitrogen and oxygen atoms in total. The summed E-state index contributed by atoms with van der Waals surface area (Å²) in [5.74, 6) is 3.43. The van der Waals surface area contributed by atoms with E-state index < -0.39 is 8.32 Å². The van der Waals surface area contributed by atoms with Crippen molar-refractivity contribution >= 4 is 31.1 Å². The molecule has 1 atom stereocenters. The molecule has 0 saturated carbocycles. The number of fused-ring (bicyclic) bond motifs is 1. The Bertz CT molecular complexity index is 1260. The number of nitrogens with zero attached hydrogens (tertiary/aromatic N) is 1. The fraction of sp³-hybridized carbons (Fsp3) is 0.367. The van der Waals surface area contributed by atoms with Gasteiger partial charge in [0.2, 0.25) is 0 Å². The molecule has 1 aliphatic heterocycles. The van der Waals surface area contributed by atoms with E-state index in [1.807, 2.05) is 54.7 Å². The summed E-state index contributed by atoms with van der Waals surface area (Å²) in [6.45, 7) is 13.7. The first-order chi connectivity index (χ1) is 17.5. The van der Waals surface area contributed by atoms with Crippen molar-refractivity contribution in [3.63, 3.8) is 0 Å². The van der Waals surface area contributed by atoms with Crippen molar-refractivity contribution in [2.45, 2.75) is 51.9 Å². The molecule has 2 heterocycles. The number of ether oxygens (including phenoxy) is 3. The number of pyridine rings is 1. The van der Waals surface area contributed by atoms with E-state index >= 15 is 0 Å². The summed E-state index contributed by atoms with van der Waals surface area (Å²) < 4.78 is 24.2. The lowest BCUT2D eigenvalue weighted by Crippen LogP contribution is -2.44. The van der Waals surface area contributed by atoms with Gasteiger partial charge in [-0.25, -0.2) is 4.98 Å². The van der Waals surface area contributed by atoms with Gasteiger partial charge in [0.25, 0.3) is 8.32 Å². The van der Waals surface area contributed by atoms with Crippen LogP contribution in [0.5, 0.6) is 23.1 Å². The zero-order valence-electron chi connectivity index (χ0n) is 22.7. The smallest absolute Gasteiger partial charge is 0.252 e.